The van der Waals surface area contributed by atoms with Crippen molar-refractivity contribution in [3.05, 3.63) is 0 Å². The molecular formula is C16H28N4O2. The van der Waals surface area contributed by atoms with Crippen LogP contribution >= 0.6 is 0 Å². The summed E-state index contributed by atoms with van der Waals surface area (Å²) in [7, 11) is 0. The van der Waals surface area contributed by atoms with Gasteiger partial charge < -0.3 is 15.1 Å². The molecule has 0 spiro atoms. The maximum atomic E-state index is 12.3. The van der Waals surface area contributed by atoms with E-state index in [2.05, 4.69) is 10.2 Å². The quantitative estimate of drug-likeness (QED) is 0.791. The highest BCUT2D eigenvalue weighted by Crippen LogP contribution is 2.12. The van der Waals surface area contributed by atoms with Gasteiger partial charge in [-0.05, 0) is 38.6 Å². The first kappa shape index (κ1) is 15.7. The Morgan fingerprint density at radius 2 is 1.59 bits per heavy atom. The van der Waals surface area contributed by atoms with Gasteiger partial charge in [0.2, 0.25) is 11.8 Å². The normalized spacial score (nSPS) is 27.2. The Morgan fingerprint density at radius 1 is 0.864 bits per heavy atom. The van der Waals surface area contributed by atoms with Gasteiger partial charge in [0, 0.05) is 39.3 Å². The van der Waals surface area contributed by atoms with Crippen molar-refractivity contribution in [1.82, 2.24) is 20.0 Å². The van der Waals surface area contributed by atoms with Gasteiger partial charge in [0.25, 0.3) is 0 Å². The van der Waals surface area contributed by atoms with Gasteiger partial charge in [-0.3, -0.25) is 14.5 Å². The lowest BCUT2D eigenvalue weighted by Crippen LogP contribution is -2.54. The number of carbonyl (C=O) groups is 2. The Bertz CT molecular complexity index is 395. The molecule has 124 valence electrons. The van der Waals surface area contributed by atoms with Gasteiger partial charge in [0.15, 0.2) is 0 Å². The molecule has 1 atom stereocenters. The topological polar surface area (TPSA) is 55.9 Å². The molecular weight excluding hydrogens is 280 g/mol. The molecule has 0 saturated carbocycles. The van der Waals surface area contributed by atoms with Crippen LogP contribution in [0.3, 0.4) is 0 Å². The number of piperazine rings is 1. The minimum absolute atomic E-state index is 0.0292. The van der Waals surface area contributed by atoms with Gasteiger partial charge in [-0.2, -0.15) is 0 Å². The molecule has 3 saturated heterocycles. The first-order chi connectivity index (χ1) is 10.7. The zero-order valence-corrected chi connectivity index (χ0v) is 13.4. The summed E-state index contributed by atoms with van der Waals surface area (Å²) in [6.07, 6.45) is 5.60. The first-order valence-electron chi connectivity index (χ1n) is 8.76. The third kappa shape index (κ3) is 3.79. The van der Waals surface area contributed by atoms with E-state index in [1.807, 2.05) is 9.80 Å². The fourth-order valence-electron chi connectivity index (χ4n) is 3.68. The van der Waals surface area contributed by atoms with Crippen molar-refractivity contribution < 1.29 is 9.59 Å². The summed E-state index contributed by atoms with van der Waals surface area (Å²) >= 11 is 0. The van der Waals surface area contributed by atoms with Gasteiger partial charge in [-0.25, -0.2) is 0 Å². The van der Waals surface area contributed by atoms with E-state index in [-0.39, 0.29) is 17.9 Å². The van der Waals surface area contributed by atoms with Crippen molar-refractivity contribution in [1.29, 1.82) is 0 Å². The zero-order chi connectivity index (χ0) is 15.4. The van der Waals surface area contributed by atoms with Crippen molar-refractivity contribution in [3.8, 4) is 0 Å². The summed E-state index contributed by atoms with van der Waals surface area (Å²) in [5.74, 6) is 0.511. The second kappa shape index (κ2) is 7.42. The van der Waals surface area contributed by atoms with E-state index < -0.39 is 0 Å². The second-order valence-corrected chi connectivity index (χ2v) is 6.69. The molecule has 3 aliphatic heterocycles. The van der Waals surface area contributed by atoms with Crippen molar-refractivity contribution >= 4 is 11.8 Å². The predicted molar refractivity (Wildman–Crippen MR) is 84.5 cm³/mol. The summed E-state index contributed by atoms with van der Waals surface area (Å²) in [6, 6.07) is 0.0292. The van der Waals surface area contributed by atoms with E-state index in [9.17, 15) is 9.59 Å². The van der Waals surface area contributed by atoms with E-state index in [0.29, 0.717) is 6.54 Å². The molecule has 3 aliphatic rings. The van der Waals surface area contributed by atoms with E-state index in [0.717, 1.165) is 71.5 Å². The van der Waals surface area contributed by atoms with Crippen molar-refractivity contribution in [2.45, 2.75) is 38.1 Å². The molecule has 6 heteroatoms. The van der Waals surface area contributed by atoms with Gasteiger partial charge in [0.05, 0.1) is 12.6 Å². The summed E-state index contributed by atoms with van der Waals surface area (Å²) < 4.78 is 0. The van der Waals surface area contributed by atoms with Gasteiger partial charge in [0.1, 0.15) is 0 Å². The lowest BCUT2D eigenvalue weighted by molar-refractivity contribution is -0.136. The van der Waals surface area contributed by atoms with Crippen LogP contribution < -0.4 is 5.32 Å². The number of piperidine rings is 1. The predicted octanol–water partition coefficient (Wildman–Crippen LogP) is -0.105. The zero-order valence-electron chi connectivity index (χ0n) is 13.4. The first-order valence-corrected chi connectivity index (χ1v) is 8.76. The number of amides is 2. The molecule has 0 aromatic carbocycles. The smallest absolute Gasteiger partial charge is 0.239 e. The fraction of sp³-hybridized carbons (Fsp3) is 0.875. The highest BCUT2D eigenvalue weighted by molar-refractivity contribution is 5.82. The summed E-state index contributed by atoms with van der Waals surface area (Å²) in [5, 5.41) is 3.27. The number of hydrogen-bond donors (Lipinski definition) is 1. The van der Waals surface area contributed by atoms with Crippen LogP contribution in [0.15, 0.2) is 0 Å². The summed E-state index contributed by atoms with van der Waals surface area (Å²) in [4.78, 5) is 30.8. The molecule has 22 heavy (non-hydrogen) atoms. The third-order valence-corrected chi connectivity index (χ3v) is 5.11. The molecule has 0 bridgehead atoms. The van der Waals surface area contributed by atoms with E-state index in [1.54, 1.807) is 0 Å². The van der Waals surface area contributed by atoms with Crippen molar-refractivity contribution in [2.75, 3.05) is 52.4 Å². The largest absolute Gasteiger partial charge is 0.342 e. The average molecular weight is 308 g/mol. The maximum Gasteiger partial charge on any atom is 0.239 e. The standard InChI is InChI=1S/C16H28N4O2/c21-15(19-7-2-1-3-8-19)13-18-9-11-20(12-10-18)16(22)14-5-4-6-17-14/h14,17H,1-13H2. The van der Waals surface area contributed by atoms with E-state index >= 15 is 0 Å². The highest BCUT2D eigenvalue weighted by Gasteiger charge is 2.30. The van der Waals surface area contributed by atoms with Crippen LogP contribution in [-0.4, -0.2) is 84.9 Å². The number of rotatable bonds is 3. The molecule has 1 unspecified atom stereocenters. The minimum Gasteiger partial charge on any atom is -0.342 e. The fourth-order valence-corrected chi connectivity index (χ4v) is 3.68. The number of carbonyl (C=O) groups excluding carboxylic acids is 2. The van der Waals surface area contributed by atoms with Crippen LogP contribution in [0.5, 0.6) is 0 Å². The van der Waals surface area contributed by atoms with Gasteiger partial charge in [-0.15, -0.1) is 0 Å². The van der Waals surface area contributed by atoms with E-state index in [1.165, 1.54) is 6.42 Å². The molecule has 0 aromatic heterocycles. The Kier molecular flexibility index (Phi) is 5.31. The lowest BCUT2D eigenvalue weighted by Gasteiger charge is -2.37. The van der Waals surface area contributed by atoms with Gasteiger partial charge >= 0.3 is 0 Å². The van der Waals surface area contributed by atoms with Crippen molar-refractivity contribution in [2.24, 2.45) is 0 Å². The van der Waals surface area contributed by atoms with Gasteiger partial charge in [-0.1, -0.05) is 0 Å². The Balaban J connectivity index is 1.41. The number of hydrogen-bond acceptors (Lipinski definition) is 4. The molecule has 3 rings (SSSR count). The molecule has 0 aliphatic carbocycles. The molecule has 1 N–H and O–H groups in total. The van der Waals surface area contributed by atoms with Crippen LogP contribution in [0.2, 0.25) is 0 Å². The Hall–Kier alpha value is -1.14. The molecule has 2 amide bonds. The Labute approximate surface area is 132 Å². The van der Waals surface area contributed by atoms with Crippen LogP contribution in [0, 0.1) is 0 Å². The average Bonchev–Trinajstić information content (AvgIpc) is 3.10. The SMILES string of the molecule is O=C(CN1CCN(C(=O)C2CCCN2)CC1)N1CCCCC1. The van der Waals surface area contributed by atoms with Crippen LogP contribution in [0.25, 0.3) is 0 Å². The Morgan fingerprint density at radius 3 is 2.23 bits per heavy atom. The molecule has 3 fully saturated rings. The summed E-state index contributed by atoms with van der Waals surface area (Å²) in [6.45, 7) is 6.46. The molecule has 6 nitrogen and oxygen atoms in total. The number of likely N-dealkylation sites (tertiary alicyclic amines) is 1. The van der Waals surface area contributed by atoms with Crippen LogP contribution in [-0.2, 0) is 9.59 Å². The van der Waals surface area contributed by atoms with E-state index in [4.69, 9.17) is 0 Å². The van der Waals surface area contributed by atoms with Crippen LogP contribution in [0.1, 0.15) is 32.1 Å². The number of nitrogens with zero attached hydrogens (tertiary/aromatic N) is 3. The molecule has 0 aromatic rings. The lowest BCUT2D eigenvalue weighted by atomic mass is 10.1. The monoisotopic (exact) mass is 308 g/mol. The number of nitrogens with one attached hydrogen (secondary N) is 1. The molecule has 3 heterocycles. The second-order valence-electron chi connectivity index (χ2n) is 6.69. The summed E-state index contributed by atoms with van der Waals surface area (Å²) in [5.41, 5.74) is 0. The minimum atomic E-state index is 0.0292. The highest BCUT2D eigenvalue weighted by atomic mass is 16.2. The third-order valence-electron chi connectivity index (χ3n) is 5.11. The maximum absolute atomic E-state index is 12.3. The van der Waals surface area contributed by atoms with Crippen LogP contribution in [0.4, 0.5) is 0 Å². The molecule has 0 radical (unpaired) electrons. The van der Waals surface area contributed by atoms with Crippen molar-refractivity contribution in [3.63, 3.8) is 0 Å².